The molecule has 2 aliphatic rings. The minimum Gasteiger partial charge on any atom is -0.367 e. The Balaban J connectivity index is 1.39. The van der Waals surface area contributed by atoms with Gasteiger partial charge in [-0.3, -0.25) is 9.89 Å². The van der Waals surface area contributed by atoms with Crippen LogP contribution < -0.4 is 5.32 Å². The number of aromatic nitrogens is 4. The number of aromatic amines is 1. The van der Waals surface area contributed by atoms with Gasteiger partial charge in [0.1, 0.15) is 5.60 Å². The quantitative estimate of drug-likeness (QED) is 0.888. The van der Waals surface area contributed by atoms with Gasteiger partial charge >= 0.3 is 0 Å². The molecule has 2 aromatic heterocycles. The minimum atomic E-state index is -0.393. The van der Waals surface area contributed by atoms with Crippen LogP contribution >= 0.6 is 0 Å². The molecule has 1 saturated heterocycles. The maximum Gasteiger partial charge on any atom is 0.272 e. The SMILES string of the molecule is C[C@@]1(c2ncc(CNC(=O)c3n[nH]c4c3CCC4)cn2)CCCCO1. The third-order valence-corrected chi connectivity index (χ3v) is 5.12. The maximum absolute atomic E-state index is 12.3. The van der Waals surface area contributed by atoms with Gasteiger partial charge < -0.3 is 10.1 Å². The molecule has 0 aromatic carbocycles. The van der Waals surface area contributed by atoms with Gasteiger partial charge in [0.05, 0.1) is 0 Å². The van der Waals surface area contributed by atoms with Crippen molar-refractivity contribution in [1.82, 2.24) is 25.5 Å². The highest BCUT2D eigenvalue weighted by Gasteiger charge is 2.32. The summed E-state index contributed by atoms with van der Waals surface area (Å²) in [5.41, 5.74) is 3.15. The van der Waals surface area contributed by atoms with E-state index in [9.17, 15) is 4.79 Å². The van der Waals surface area contributed by atoms with Gasteiger partial charge in [-0.1, -0.05) is 0 Å². The summed E-state index contributed by atoms with van der Waals surface area (Å²) in [6.45, 7) is 3.19. The fourth-order valence-electron chi connectivity index (χ4n) is 3.60. The Hall–Kier alpha value is -2.28. The smallest absolute Gasteiger partial charge is 0.272 e. The zero-order valence-corrected chi connectivity index (χ0v) is 14.5. The molecule has 2 N–H and O–H groups in total. The molecule has 25 heavy (non-hydrogen) atoms. The summed E-state index contributed by atoms with van der Waals surface area (Å²) in [6, 6.07) is 0. The van der Waals surface area contributed by atoms with Crippen LogP contribution in [0.15, 0.2) is 12.4 Å². The van der Waals surface area contributed by atoms with Crippen molar-refractivity contribution >= 4 is 5.91 Å². The predicted octanol–water partition coefficient (Wildman–Crippen LogP) is 2.03. The van der Waals surface area contributed by atoms with Gasteiger partial charge in [-0.05, 0) is 45.4 Å². The molecule has 0 radical (unpaired) electrons. The summed E-state index contributed by atoms with van der Waals surface area (Å²) in [7, 11) is 0. The van der Waals surface area contributed by atoms with E-state index in [1.807, 2.05) is 6.92 Å². The van der Waals surface area contributed by atoms with Crippen molar-refractivity contribution in [2.45, 2.75) is 57.6 Å². The third kappa shape index (κ3) is 3.16. The summed E-state index contributed by atoms with van der Waals surface area (Å²) in [4.78, 5) is 21.3. The predicted molar refractivity (Wildman–Crippen MR) is 91.0 cm³/mol. The van der Waals surface area contributed by atoms with Crippen molar-refractivity contribution in [2.24, 2.45) is 0 Å². The highest BCUT2D eigenvalue weighted by atomic mass is 16.5. The van der Waals surface area contributed by atoms with E-state index in [0.717, 1.165) is 62.0 Å². The summed E-state index contributed by atoms with van der Waals surface area (Å²) in [6.07, 6.45) is 9.67. The topological polar surface area (TPSA) is 92.8 Å². The van der Waals surface area contributed by atoms with Crippen molar-refractivity contribution in [3.8, 4) is 0 Å². The largest absolute Gasteiger partial charge is 0.367 e. The number of nitrogens with zero attached hydrogens (tertiary/aromatic N) is 3. The van der Waals surface area contributed by atoms with E-state index in [1.54, 1.807) is 12.4 Å². The summed E-state index contributed by atoms with van der Waals surface area (Å²) < 4.78 is 5.87. The number of aryl methyl sites for hydroxylation is 1. The molecule has 3 heterocycles. The molecular formula is C18H23N5O2. The van der Waals surface area contributed by atoms with Gasteiger partial charge in [-0.25, -0.2) is 9.97 Å². The van der Waals surface area contributed by atoms with Crippen molar-refractivity contribution in [3.05, 3.63) is 40.7 Å². The van der Waals surface area contributed by atoms with Crippen molar-refractivity contribution < 1.29 is 9.53 Å². The number of hydrogen-bond acceptors (Lipinski definition) is 5. The fourth-order valence-corrected chi connectivity index (χ4v) is 3.60. The summed E-state index contributed by atoms with van der Waals surface area (Å²) in [5, 5.41) is 10.0. The molecule has 132 valence electrons. The lowest BCUT2D eigenvalue weighted by atomic mass is 9.95. The second kappa shape index (κ2) is 6.55. The van der Waals surface area contributed by atoms with Crippen LogP contribution in [0.5, 0.6) is 0 Å². The molecule has 7 heteroatoms. The van der Waals surface area contributed by atoms with Gasteiger partial charge in [0, 0.05) is 42.4 Å². The second-order valence-electron chi connectivity index (χ2n) is 7.02. The molecule has 0 unspecified atom stereocenters. The van der Waals surface area contributed by atoms with Crippen molar-refractivity contribution in [3.63, 3.8) is 0 Å². The zero-order valence-electron chi connectivity index (χ0n) is 14.5. The summed E-state index contributed by atoms with van der Waals surface area (Å²) >= 11 is 0. The Kier molecular flexibility index (Phi) is 4.25. The summed E-state index contributed by atoms with van der Waals surface area (Å²) in [5.74, 6) is 0.568. The second-order valence-corrected chi connectivity index (χ2v) is 7.02. The number of rotatable bonds is 4. The maximum atomic E-state index is 12.3. The van der Waals surface area contributed by atoms with Crippen LogP contribution in [0.3, 0.4) is 0 Å². The monoisotopic (exact) mass is 341 g/mol. The van der Waals surface area contributed by atoms with E-state index in [2.05, 4.69) is 25.5 Å². The van der Waals surface area contributed by atoms with Crippen LogP contribution in [-0.4, -0.2) is 32.7 Å². The van der Waals surface area contributed by atoms with E-state index in [4.69, 9.17) is 4.74 Å². The lowest BCUT2D eigenvalue weighted by Gasteiger charge is -2.32. The average molecular weight is 341 g/mol. The molecule has 1 aliphatic heterocycles. The molecule has 1 aliphatic carbocycles. The number of hydrogen-bond donors (Lipinski definition) is 2. The van der Waals surface area contributed by atoms with Gasteiger partial charge in [0.15, 0.2) is 11.5 Å². The minimum absolute atomic E-state index is 0.147. The number of carbonyl (C=O) groups is 1. The van der Waals surface area contributed by atoms with Crippen molar-refractivity contribution in [1.29, 1.82) is 0 Å². The van der Waals surface area contributed by atoms with Crippen LogP contribution in [-0.2, 0) is 29.7 Å². The number of carbonyl (C=O) groups excluding carboxylic acids is 1. The first kappa shape index (κ1) is 16.2. The van der Waals surface area contributed by atoms with E-state index >= 15 is 0 Å². The fraction of sp³-hybridized carbons (Fsp3) is 0.556. The number of nitrogens with one attached hydrogen (secondary N) is 2. The number of amides is 1. The lowest BCUT2D eigenvalue weighted by molar-refractivity contribution is -0.0760. The molecular weight excluding hydrogens is 318 g/mol. The van der Waals surface area contributed by atoms with E-state index in [1.165, 1.54) is 0 Å². The molecule has 0 bridgehead atoms. The Morgan fingerprint density at radius 1 is 1.28 bits per heavy atom. The van der Waals surface area contributed by atoms with E-state index in [-0.39, 0.29) is 5.91 Å². The van der Waals surface area contributed by atoms with Crippen LogP contribution in [0.1, 0.15) is 65.7 Å². The third-order valence-electron chi connectivity index (χ3n) is 5.12. The zero-order chi connectivity index (χ0) is 17.3. The van der Waals surface area contributed by atoms with Gasteiger partial charge in [-0.2, -0.15) is 5.10 Å². The molecule has 1 amide bonds. The van der Waals surface area contributed by atoms with Gasteiger partial charge in [-0.15, -0.1) is 0 Å². The lowest BCUT2D eigenvalue weighted by Crippen LogP contribution is -2.32. The molecule has 0 saturated carbocycles. The molecule has 7 nitrogen and oxygen atoms in total. The molecule has 2 aromatic rings. The highest BCUT2D eigenvalue weighted by Crippen LogP contribution is 2.32. The van der Waals surface area contributed by atoms with Crippen LogP contribution in [0.4, 0.5) is 0 Å². The Bertz CT molecular complexity index is 762. The number of ether oxygens (including phenoxy) is 1. The molecule has 1 atom stereocenters. The van der Waals surface area contributed by atoms with E-state index in [0.29, 0.717) is 18.1 Å². The first-order chi connectivity index (χ1) is 12.2. The molecule has 4 rings (SSSR count). The first-order valence-electron chi connectivity index (χ1n) is 8.95. The Morgan fingerprint density at radius 2 is 2.12 bits per heavy atom. The van der Waals surface area contributed by atoms with E-state index < -0.39 is 5.60 Å². The van der Waals surface area contributed by atoms with Gasteiger partial charge in [0.2, 0.25) is 0 Å². The molecule has 0 spiro atoms. The highest BCUT2D eigenvalue weighted by molar-refractivity contribution is 5.94. The normalized spacial score (nSPS) is 22.6. The number of fused-ring (bicyclic) bond motifs is 1. The Morgan fingerprint density at radius 3 is 2.88 bits per heavy atom. The standard InChI is InChI=1S/C18H23N5O2/c1-18(7-2-3-8-25-18)17-20-10-12(11-21-17)9-19-16(24)15-13-5-4-6-14(13)22-23-15/h10-11H,2-9H2,1H3,(H,19,24)(H,22,23)/t18-/m0/s1. The molecule has 1 fully saturated rings. The van der Waals surface area contributed by atoms with Crippen molar-refractivity contribution in [2.75, 3.05) is 6.61 Å². The van der Waals surface area contributed by atoms with Crippen LogP contribution in [0, 0.1) is 0 Å². The van der Waals surface area contributed by atoms with Crippen LogP contribution in [0.25, 0.3) is 0 Å². The Labute approximate surface area is 146 Å². The van der Waals surface area contributed by atoms with Crippen LogP contribution in [0.2, 0.25) is 0 Å². The van der Waals surface area contributed by atoms with Gasteiger partial charge in [0.25, 0.3) is 5.91 Å². The first-order valence-corrected chi connectivity index (χ1v) is 8.95. The number of H-pyrrole nitrogens is 1. The average Bonchev–Trinajstić information content (AvgIpc) is 3.24.